The molecular weight excluding hydrogens is 348 g/mol. The van der Waals surface area contributed by atoms with Gasteiger partial charge in [0, 0.05) is 19.4 Å². The second-order valence-electron chi connectivity index (χ2n) is 5.62. The third-order valence-electron chi connectivity index (χ3n) is 3.45. The number of rotatable bonds is 11. The predicted octanol–water partition coefficient (Wildman–Crippen LogP) is 6.11. The monoisotopic (exact) mass is 398 g/mol. The summed E-state index contributed by atoms with van der Waals surface area (Å²) in [4.78, 5) is 0. The highest BCUT2D eigenvalue weighted by molar-refractivity contribution is 5.63. The van der Waals surface area contributed by atoms with Crippen LogP contribution in [0.2, 0.25) is 0 Å². The summed E-state index contributed by atoms with van der Waals surface area (Å²) >= 11 is 0. The number of ether oxygens (including phenoxy) is 1. The molecule has 4 heteroatoms. The molecule has 1 aromatic carbocycles. The smallest absolute Gasteiger partial charge is 0.0496 e. The molecule has 1 rings (SSSR count). The van der Waals surface area contributed by atoms with E-state index in [0.29, 0.717) is 0 Å². The molecule has 0 fully saturated rings. The molecule has 0 aliphatic rings. The van der Waals surface area contributed by atoms with E-state index in [4.69, 9.17) is 10.5 Å². The lowest BCUT2D eigenvalue weighted by Gasteiger charge is -2.01. The Hall–Kier alpha value is -1.36. The molecule has 0 spiro atoms. The number of para-hydroxylation sites is 1. The topological polar surface area (TPSA) is 78.8 Å². The summed E-state index contributed by atoms with van der Waals surface area (Å²) in [6.45, 7) is 15.6. The van der Waals surface area contributed by atoms with Crippen molar-refractivity contribution >= 4 is 11.8 Å². The zero-order chi connectivity index (χ0) is 21.2. The van der Waals surface area contributed by atoms with E-state index < -0.39 is 0 Å². The van der Waals surface area contributed by atoms with Crippen LogP contribution in [0.5, 0.6) is 0 Å². The van der Waals surface area contributed by atoms with Gasteiger partial charge in [0.15, 0.2) is 0 Å². The van der Waals surface area contributed by atoms with Crippen LogP contribution in [-0.2, 0) is 4.74 Å². The molecule has 4 nitrogen and oxygen atoms in total. The van der Waals surface area contributed by atoms with Crippen molar-refractivity contribution in [2.24, 2.45) is 0 Å². The van der Waals surface area contributed by atoms with Gasteiger partial charge in [-0.2, -0.15) is 0 Å². The Morgan fingerprint density at radius 3 is 2.04 bits per heavy atom. The number of nitrogens with one attached hydrogen (secondary N) is 1. The van der Waals surface area contributed by atoms with E-state index in [1.54, 1.807) is 7.11 Å². The van der Waals surface area contributed by atoms with E-state index in [9.17, 15) is 0 Å². The molecule has 0 amide bonds. The molecule has 0 bridgehead atoms. The molecule has 168 valence electrons. The highest BCUT2D eigenvalue weighted by Crippen LogP contribution is 2.12. The van der Waals surface area contributed by atoms with Crippen LogP contribution < -0.4 is 11.1 Å². The van der Waals surface area contributed by atoms with E-state index in [2.05, 4.69) is 25.2 Å². The number of nitrogens with two attached hydrogens (primary N) is 1. The average Bonchev–Trinajstić information content (AvgIpc) is 2.73. The minimum atomic E-state index is 0. The van der Waals surface area contributed by atoms with E-state index in [1.165, 1.54) is 45.2 Å². The molecular formula is C24H50N2O2. The molecule has 0 saturated carbocycles. The first-order chi connectivity index (χ1) is 13.3. The third kappa shape index (κ3) is 26.9. The van der Waals surface area contributed by atoms with Crippen molar-refractivity contribution in [3.8, 4) is 0 Å². The Bertz CT molecular complexity index is 388. The third-order valence-corrected chi connectivity index (χ3v) is 3.45. The molecule has 0 aliphatic carbocycles. The van der Waals surface area contributed by atoms with Gasteiger partial charge >= 0.3 is 0 Å². The lowest BCUT2D eigenvalue weighted by molar-refractivity contribution is 0.204. The normalized spacial score (nSPS) is 9.11. The minimum absolute atomic E-state index is 0. The molecule has 0 heterocycles. The molecule has 0 aromatic heterocycles. The number of nitrogen functional groups attached to an aromatic ring is 1. The largest absolute Gasteiger partial charge is 0.412 e. The van der Waals surface area contributed by atoms with Crippen LogP contribution in [0.25, 0.3) is 6.08 Å². The number of hydrogen-bond acceptors (Lipinski definition) is 3. The van der Waals surface area contributed by atoms with Crippen LogP contribution in [0.3, 0.4) is 0 Å². The minimum Gasteiger partial charge on any atom is -0.412 e. The summed E-state index contributed by atoms with van der Waals surface area (Å²) in [5.74, 6) is 0. The van der Waals surface area contributed by atoms with Crippen LogP contribution in [-0.4, -0.2) is 32.3 Å². The van der Waals surface area contributed by atoms with Crippen molar-refractivity contribution in [2.75, 3.05) is 32.5 Å². The van der Waals surface area contributed by atoms with Gasteiger partial charge in [-0.25, -0.2) is 0 Å². The van der Waals surface area contributed by atoms with Gasteiger partial charge in [-0.05, 0) is 44.0 Å². The SMILES string of the molecule is CC.CC.CCCCCNCCCC.COCC/C=C/c1ccccc1N.O. The number of unbranched alkanes of at least 4 members (excludes halogenated alkanes) is 3. The molecule has 0 aliphatic heterocycles. The van der Waals surface area contributed by atoms with Crippen molar-refractivity contribution in [2.45, 2.75) is 80.1 Å². The summed E-state index contributed by atoms with van der Waals surface area (Å²) in [6, 6.07) is 7.81. The van der Waals surface area contributed by atoms with Gasteiger partial charge in [-0.15, -0.1) is 0 Å². The molecule has 5 N–H and O–H groups in total. The molecule has 0 unspecified atom stereocenters. The Morgan fingerprint density at radius 1 is 0.929 bits per heavy atom. The van der Waals surface area contributed by atoms with Gasteiger partial charge in [0.2, 0.25) is 0 Å². The maximum atomic E-state index is 5.75. The lowest BCUT2D eigenvalue weighted by Crippen LogP contribution is -2.16. The van der Waals surface area contributed by atoms with Crippen LogP contribution >= 0.6 is 0 Å². The highest BCUT2D eigenvalue weighted by Gasteiger charge is 1.90. The fraction of sp³-hybridized carbons (Fsp3) is 0.667. The van der Waals surface area contributed by atoms with Gasteiger partial charge in [0.1, 0.15) is 0 Å². The average molecular weight is 399 g/mol. The Labute approximate surface area is 176 Å². The number of hydrogen-bond donors (Lipinski definition) is 2. The van der Waals surface area contributed by atoms with Crippen LogP contribution in [0.15, 0.2) is 30.3 Å². The molecule has 1 aromatic rings. The lowest BCUT2D eigenvalue weighted by atomic mass is 10.1. The van der Waals surface area contributed by atoms with Crippen LogP contribution in [0.4, 0.5) is 5.69 Å². The summed E-state index contributed by atoms with van der Waals surface area (Å²) < 4.78 is 4.93. The van der Waals surface area contributed by atoms with Gasteiger partial charge < -0.3 is 21.3 Å². The molecule has 0 atom stereocenters. The standard InChI is InChI=1S/C11H15NO.C9H21N.2C2H6.H2O/c1-13-9-5-4-7-10-6-2-3-8-11(10)12;1-3-5-7-9-10-8-6-4-2;2*1-2;/h2-4,6-8H,5,9,12H2,1H3;10H,3-9H2,1-2H3;2*1-2H3;1H2/b7-4+;;;;. The molecule has 28 heavy (non-hydrogen) atoms. The second kappa shape index (κ2) is 33.2. The van der Waals surface area contributed by atoms with Crippen molar-refractivity contribution in [1.29, 1.82) is 0 Å². The number of methoxy groups -OCH3 is 1. The summed E-state index contributed by atoms with van der Waals surface area (Å²) in [5, 5.41) is 3.42. The Kier molecular flexibility index (Phi) is 40.6. The van der Waals surface area contributed by atoms with E-state index in [1.807, 2.05) is 58.0 Å². The fourth-order valence-corrected chi connectivity index (χ4v) is 1.99. The van der Waals surface area contributed by atoms with Crippen molar-refractivity contribution in [1.82, 2.24) is 5.32 Å². The molecule has 0 saturated heterocycles. The number of benzene rings is 1. The number of anilines is 1. The van der Waals surface area contributed by atoms with E-state index >= 15 is 0 Å². The second-order valence-corrected chi connectivity index (χ2v) is 5.62. The summed E-state index contributed by atoms with van der Waals surface area (Å²) in [5.41, 5.74) is 7.64. The summed E-state index contributed by atoms with van der Waals surface area (Å²) in [7, 11) is 1.70. The van der Waals surface area contributed by atoms with Crippen LogP contribution in [0.1, 0.15) is 85.6 Å². The molecule has 0 radical (unpaired) electrons. The quantitative estimate of drug-likeness (QED) is 0.348. The zero-order valence-corrected chi connectivity index (χ0v) is 19.8. The van der Waals surface area contributed by atoms with Crippen LogP contribution in [0, 0.1) is 0 Å². The maximum Gasteiger partial charge on any atom is 0.0496 e. The Balaban J connectivity index is -0.000000173. The highest BCUT2D eigenvalue weighted by atomic mass is 16.5. The first-order valence-electron chi connectivity index (χ1n) is 11.0. The van der Waals surface area contributed by atoms with Crippen molar-refractivity contribution in [3.63, 3.8) is 0 Å². The van der Waals surface area contributed by atoms with Crippen molar-refractivity contribution < 1.29 is 10.2 Å². The van der Waals surface area contributed by atoms with Gasteiger partial charge in [0.05, 0.1) is 0 Å². The van der Waals surface area contributed by atoms with E-state index in [-0.39, 0.29) is 5.48 Å². The zero-order valence-electron chi connectivity index (χ0n) is 19.8. The first kappa shape index (κ1) is 34.2. The van der Waals surface area contributed by atoms with E-state index in [0.717, 1.165) is 24.3 Å². The van der Waals surface area contributed by atoms with Gasteiger partial charge in [-0.1, -0.05) is 91.2 Å². The van der Waals surface area contributed by atoms with Gasteiger partial charge in [-0.3, -0.25) is 0 Å². The first-order valence-corrected chi connectivity index (χ1v) is 11.0. The maximum absolute atomic E-state index is 5.75. The Morgan fingerprint density at radius 2 is 1.50 bits per heavy atom. The van der Waals surface area contributed by atoms with Gasteiger partial charge in [0.25, 0.3) is 0 Å². The van der Waals surface area contributed by atoms with Crippen molar-refractivity contribution in [3.05, 3.63) is 35.9 Å². The summed E-state index contributed by atoms with van der Waals surface area (Å²) in [6.07, 6.45) is 11.7. The fourth-order valence-electron chi connectivity index (χ4n) is 1.99. The predicted molar refractivity (Wildman–Crippen MR) is 130 cm³/mol.